The van der Waals surface area contributed by atoms with E-state index in [4.69, 9.17) is 11.5 Å². The van der Waals surface area contributed by atoms with Crippen LogP contribution in [0.5, 0.6) is 0 Å². The lowest BCUT2D eigenvalue weighted by Crippen LogP contribution is -2.60. The molecule has 13 heteroatoms. The summed E-state index contributed by atoms with van der Waals surface area (Å²) in [5.74, 6) is -5.14. The summed E-state index contributed by atoms with van der Waals surface area (Å²) in [6, 6.07) is 1.94. The minimum absolute atomic E-state index is 0.0644. The van der Waals surface area contributed by atoms with Crippen LogP contribution in [0.1, 0.15) is 39.2 Å². The number of aromatic nitrogens is 1. The number of hydrogen-bond acceptors (Lipinski definition) is 7. The minimum Gasteiger partial charge on any atom is -0.480 e. The summed E-state index contributed by atoms with van der Waals surface area (Å²) in [4.78, 5) is 65.2. The molecule has 4 amide bonds. The molecule has 13 nitrogen and oxygen atoms in total. The van der Waals surface area contributed by atoms with Gasteiger partial charge in [0.1, 0.15) is 24.2 Å². The average molecular weight is 533 g/mol. The molecule has 1 heterocycles. The number of rotatable bonds is 14. The van der Waals surface area contributed by atoms with E-state index in [2.05, 4.69) is 20.9 Å². The molecule has 0 aliphatic rings. The van der Waals surface area contributed by atoms with Gasteiger partial charge in [-0.3, -0.25) is 19.2 Å². The number of para-hydroxylation sites is 1. The lowest BCUT2D eigenvalue weighted by atomic mass is 9.97. The summed E-state index contributed by atoms with van der Waals surface area (Å²) in [5, 5.41) is 27.4. The molecule has 0 aliphatic carbocycles. The van der Waals surface area contributed by atoms with Crippen LogP contribution in [0.2, 0.25) is 0 Å². The first kappa shape index (κ1) is 30.3. The van der Waals surface area contributed by atoms with Crippen molar-refractivity contribution < 1.29 is 34.2 Å². The molecule has 0 radical (unpaired) electrons. The number of primary amides is 1. The second-order valence-electron chi connectivity index (χ2n) is 9.33. The first-order chi connectivity index (χ1) is 17.8. The van der Waals surface area contributed by atoms with Gasteiger partial charge in [-0.25, -0.2) is 4.79 Å². The second-order valence-corrected chi connectivity index (χ2v) is 9.33. The molecule has 1 aromatic carbocycles. The van der Waals surface area contributed by atoms with E-state index in [1.807, 2.05) is 18.2 Å². The lowest BCUT2D eigenvalue weighted by molar-refractivity contribution is -0.142. The van der Waals surface area contributed by atoms with Gasteiger partial charge in [0.15, 0.2) is 0 Å². The molecule has 2 rings (SSSR count). The van der Waals surface area contributed by atoms with Gasteiger partial charge in [0.05, 0.1) is 12.5 Å². The third-order valence-electron chi connectivity index (χ3n) is 6.37. The van der Waals surface area contributed by atoms with E-state index in [-0.39, 0.29) is 6.42 Å². The first-order valence-electron chi connectivity index (χ1n) is 12.3. The number of carbonyl (C=O) groups is 5. The summed E-state index contributed by atoms with van der Waals surface area (Å²) in [7, 11) is 0. The van der Waals surface area contributed by atoms with Crippen LogP contribution in [0, 0.1) is 5.92 Å². The fourth-order valence-electron chi connectivity index (χ4n) is 3.84. The number of nitrogens with two attached hydrogens (primary N) is 2. The Bertz CT molecular complexity index is 1160. The molecule has 0 aliphatic heterocycles. The van der Waals surface area contributed by atoms with Crippen molar-refractivity contribution >= 4 is 40.5 Å². The Labute approximate surface area is 219 Å². The molecule has 6 unspecified atom stereocenters. The Balaban J connectivity index is 2.21. The third kappa shape index (κ3) is 8.02. The maximum absolute atomic E-state index is 13.1. The van der Waals surface area contributed by atoms with E-state index >= 15 is 0 Å². The smallest absolute Gasteiger partial charge is 0.326 e. The molecule has 1 aromatic heterocycles. The molecule has 38 heavy (non-hydrogen) atoms. The molecular weight excluding hydrogens is 496 g/mol. The quantitative estimate of drug-likeness (QED) is 0.148. The van der Waals surface area contributed by atoms with Crippen molar-refractivity contribution in [2.45, 2.75) is 70.3 Å². The number of fused-ring (bicyclic) bond motifs is 1. The monoisotopic (exact) mass is 532 g/mol. The van der Waals surface area contributed by atoms with Crippen LogP contribution in [0.4, 0.5) is 0 Å². The molecule has 208 valence electrons. The maximum Gasteiger partial charge on any atom is 0.326 e. The lowest BCUT2D eigenvalue weighted by Gasteiger charge is -2.28. The predicted molar refractivity (Wildman–Crippen MR) is 138 cm³/mol. The van der Waals surface area contributed by atoms with Crippen molar-refractivity contribution in [2.24, 2.45) is 17.4 Å². The Morgan fingerprint density at radius 3 is 2.18 bits per heavy atom. The van der Waals surface area contributed by atoms with Crippen LogP contribution in [0.15, 0.2) is 30.5 Å². The van der Waals surface area contributed by atoms with Gasteiger partial charge < -0.3 is 42.6 Å². The van der Waals surface area contributed by atoms with E-state index in [0.29, 0.717) is 12.0 Å². The number of aromatic amines is 1. The van der Waals surface area contributed by atoms with Gasteiger partial charge in [0.2, 0.25) is 23.6 Å². The SMILES string of the molecule is CCC(C)C(NC(=O)C(N)C(C)O)C(=O)NC(CC(N)=O)C(=O)NC(Cc1c[nH]c2ccccc12)C(=O)O. The Hall–Kier alpha value is -3.97. The number of aliphatic carboxylic acids is 1. The topological polar surface area (TPSA) is 230 Å². The van der Waals surface area contributed by atoms with E-state index in [0.717, 1.165) is 10.9 Å². The fraction of sp³-hybridized carbons (Fsp3) is 0.480. The number of carboxylic acid groups (broad SMARTS) is 1. The van der Waals surface area contributed by atoms with Crippen molar-refractivity contribution in [3.63, 3.8) is 0 Å². The number of nitrogens with one attached hydrogen (secondary N) is 4. The molecular formula is C25H36N6O7. The summed E-state index contributed by atoms with van der Waals surface area (Å²) < 4.78 is 0. The number of aliphatic hydroxyl groups is 1. The number of carbonyl (C=O) groups excluding carboxylic acids is 4. The zero-order chi connectivity index (χ0) is 28.6. The number of amides is 4. The molecule has 6 atom stereocenters. The minimum atomic E-state index is -1.50. The van der Waals surface area contributed by atoms with Crippen molar-refractivity contribution in [1.29, 1.82) is 0 Å². The van der Waals surface area contributed by atoms with Crippen molar-refractivity contribution in [2.75, 3.05) is 0 Å². The summed E-state index contributed by atoms with van der Waals surface area (Å²) >= 11 is 0. The van der Waals surface area contributed by atoms with Crippen molar-refractivity contribution in [1.82, 2.24) is 20.9 Å². The predicted octanol–water partition coefficient (Wildman–Crippen LogP) is -1.12. The third-order valence-corrected chi connectivity index (χ3v) is 6.37. The molecule has 0 spiro atoms. The highest BCUT2D eigenvalue weighted by Gasteiger charge is 2.34. The van der Waals surface area contributed by atoms with Crippen LogP contribution >= 0.6 is 0 Å². The molecule has 0 saturated heterocycles. The van der Waals surface area contributed by atoms with E-state index in [1.165, 1.54) is 6.92 Å². The van der Waals surface area contributed by atoms with Crippen LogP contribution in [-0.2, 0) is 30.4 Å². The molecule has 0 fully saturated rings. The number of H-pyrrole nitrogens is 1. The molecule has 0 saturated carbocycles. The number of hydrogen-bond donors (Lipinski definition) is 8. The van der Waals surface area contributed by atoms with Gasteiger partial charge in [0, 0.05) is 23.5 Å². The van der Waals surface area contributed by atoms with Gasteiger partial charge >= 0.3 is 5.97 Å². The zero-order valence-electron chi connectivity index (χ0n) is 21.6. The van der Waals surface area contributed by atoms with E-state index in [1.54, 1.807) is 26.1 Å². The highest BCUT2D eigenvalue weighted by atomic mass is 16.4. The van der Waals surface area contributed by atoms with Gasteiger partial charge in [0.25, 0.3) is 0 Å². The Morgan fingerprint density at radius 2 is 1.61 bits per heavy atom. The molecule has 10 N–H and O–H groups in total. The summed E-state index contributed by atoms with van der Waals surface area (Å²) in [5.41, 5.74) is 12.4. The zero-order valence-corrected chi connectivity index (χ0v) is 21.6. The first-order valence-corrected chi connectivity index (χ1v) is 12.3. The van der Waals surface area contributed by atoms with Crippen LogP contribution in [0.3, 0.4) is 0 Å². The standard InChI is InChI=1S/C25H36N6O7/c1-4-12(2)21(31-23(35)20(27)13(3)32)24(36)29-17(10-19(26)33)22(34)30-18(25(37)38)9-14-11-28-16-8-6-5-7-15(14)16/h5-8,11-13,17-18,20-21,28,32H,4,9-10,27H2,1-3H3,(H2,26,33)(H,29,36)(H,30,34)(H,31,35)(H,37,38). The van der Waals surface area contributed by atoms with Crippen molar-refractivity contribution in [3.8, 4) is 0 Å². The van der Waals surface area contributed by atoms with Crippen LogP contribution in [0.25, 0.3) is 10.9 Å². The molecule has 0 bridgehead atoms. The maximum atomic E-state index is 13.1. The highest BCUT2D eigenvalue weighted by molar-refractivity contribution is 5.96. The van der Waals surface area contributed by atoms with Crippen molar-refractivity contribution in [3.05, 3.63) is 36.0 Å². The number of benzene rings is 1. The Morgan fingerprint density at radius 1 is 0.974 bits per heavy atom. The van der Waals surface area contributed by atoms with Gasteiger partial charge in [-0.05, 0) is 24.5 Å². The fourth-order valence-corrected chi connectivity index (χ4v) is 3.84. The second kappa shape index (κ2) is 13.5. The highest BCUT2D eigenvalue weighted by Crippen LogP contribution is 2.19. The van der Waals surface area contributed by atoms with Gasteiger partial charge in [-0.15, -0.1) is 0 Å². The van der Waals surface area contributed by atoms with Gasteiger partial charge in [-0.1, -0.05) is 38.5 Å². The van der Waals surface area contributed by atoms with Gasteiger partial charge in [-0.2, -0.15) is 0 Å². The largest absolute Gasteiger partial charge is 0.480 e. The van der Waals surface area contributed by atoms with E-state index < -0.39 is 72.2 Å². The summed E-state index contributed by atoms with van der Waals surface area (Å²) in [6.07, 6.45) is 0.262. The summed E-state index contributed by atoms with van der Waals surface area (Å²) in [6.45, 7) is 4.79. The van der Waals surface area contributed by atoms with Crippen LogP contribution in [-0.4, -0.2) is 75.1 Å². The number of aliphatic hydroxyl groups excluding tert-OH is 1. The van der Waals surface area contributed by atoms with E-state index in [9.17, 15) is 34.2 Å². The normalized spacial score (nSPS) is 15.9. The Kier molecular flexibility index (Phi) is 10.8. The molecule has 2 aromatic rings. The average Bonchev–Trinajstić information content (AvgIpc) is 3.27. The number of carboxylic acids is 1. The van der Waals surface area contributed by atoms with Crippen LogP contribution < -0.4 is 27.4 Å².